The van der Waals surface area contributed by atoms with E-state index >= 15 is 0 Å². The molecule has 4 rings (SSSR count). The van der Waals surface area contributed by atoms with Gasteiger partial charge in [0, 0.05) is 50.4 Å². The van der Waals surface area contributed by atoms with E-state index in [1.165, 1.54) is 11.1 Å². The van der Waals surface area contributed by atoms with Crippen LogP contribution in [0.15, 0.2) is 48.5 Å². The number of amides is 2. The molecule has 2 aromatic rings. The second kappa shape index (κ2) is 8.57. The van der Waals surface area contributed by atoms with Gasteiger partial charge in [0.25, 0.3) is 5.91 Å². The standard InChI is InChI=1S/C23H27N3O2/c27-22-10-4-14-26(22)21-9-3-8-19(16-21)23(28)24-12-5-13-25-15-11-18-6-1-2-7-20(18)17-25/h1-3,6-9,16H,4-5,10-15,17H2,(H,24,28). The number of hydrogen-bond acceptors (Lipinski definition) is 3. The smallest absolute Gasteiger partial charge is 0.251 e. The summed E-state index contributed by atoms with van der Waals surface area (Å²) >= 11 is 0. The van der Waals surface area contributed by atoms with Crippen LogP contribution in [0.4, 0.5) is 5.69 Å². The topological polar surface area (TPSA) is 52.7 Å². The molecule has 1 N–H and O–H groups in total. The highest BCUT2D eigenvalue weighted by atomic mass is 16.2. The van der Waals surface area contributed by atoms with Crippen LogP contribution in [0.3, 0.4) is 0 Å². The first-order valence-corrected chi connectivity index (χ1v) is 10.2. The summed E-state index contributed by atoms with van der Waals surface area (Å²) in [5, 5.41) is 3.02. The van der Waals surface area contributed by atoms with E-state index in [4.69, 9.17) is 0 Å². The van der Waals surface area contributed by atoms with E-state index in [1.54, 1.807) is 11.0 Å². The van der Waals surface area contributed by atoms with Crippen molar-refractivity contribution < 1.29 is 9.59 Å². The average molecular weight is 377 g/mol. The minimum Gasteiger partial charge on any atom is -0.352 e. The van der Waals surface area contributed by atoms with Gasteiger partial charge in [-0.15, -0.1) is 0 Å². The average Bonchev–Trinajstić information content (AvgIpc) is 3.17. The van der Waals surface area contributed by atoms with Gasteiger partial charge in [-0.25, -0.2) is 0 Å². The van der Waals surface area contributed by atoms with Gasteiger partial charge in [-0.3, -0.25) is 14.5 Å². The van der Waals surface area contributed by atoms with Crippen molar-refractivity contribution in [1.29, 1.82) is 0 Å². The van der Waals surface area contributed by atoms with Crippen LogP contribution in [0.25, 0.3) is 0 Å². The van der Waals surface area contributed by atoms with Crippen LogP contribution in [0, 0.1) is 0 Å². The number of nitrogens with one attached hydrogen (secondary N) is 1. The molecule has 0 saturated carbocycles. The lowest BCUT2D eigenvalue weighted by atomic mass is 10.00. The summed E-state index contributed by atoms with van der Waals surface area (Å²) in [6, 6.07) is 16.0. The van der Waals surface area contributed by atoms with Gasteiger partial charge in [0.2, 0.25) is 5.91 Å². The van der Waals surface area contributed by atoms with Gasteiger partial charge in [0.1, 0.15) is 0 Å². The monoisotopic (exact) mass is 377 g/mol. The minimum absolute atomic E-state index is 0.0718. The van der Waals surface area contributed by atoms with Gasteiger partial charge in [-0.05, 0) is 48.6 Å². The van der Waals surface area contributed by atoms with E-state index in [0.717, 1.165) is 51.1 Å². The Labute approximate surface area is 166 Å². The number of nitrogens with zero attached hydrogens (tertiary/aromatic N) is 2. The van der Waals surface area contributed by atoms with Gasteiger partial charge in [-0.2, -0.15) is 0 Å². The van der Waals surface area contributed by atoms with Crippen LogP contribution in [-0.4, -0.2) is 42.9 Å². The van der Waals surface area contributed by atoms with Gasteiger partial charge in [0.15, 0.2) is 0 Å². The molecule has 1 fully saturated rings. The Morgan fingerprint density at radius 2 is 1.86 bits per heavy atom. The lowest BCUT2D eigenvalue weighted by Crippen LogP contribution is -2.33. The van der Waals surface area contributed by atoms with E-state index in [2.05, 4.69) is 34.5 Å². The molecule has 0 aliphatic carbocycles. The SMILES string of the molecule is O=C(NCCCN1CCc2ccccc2C1)c1cccc(N2CCCC2=O)c1. The Kier molecular flexibility index (Phi) is 5.72. The van der Waals surface area contributed by atoms with Crippen LogP contribution >= 0.6 is 0 Å². The molecule has 146 valence electrons. The van der Waals surface area contributed by atoms with Crippen LogP contribution in [-0.2, 0) is 17.8 Å². The summed E-state index contributed by atoms with van der Waals surface area (Å²) in [6.07, 6.45) is 3.51. The van der Waals surface area contributed by atoms with Crippen molar-refractivity contribution >= 4 is 17.5 Å². The molecule has 5 heteroatoms. The second-order valence-electron chi connectivity index (χ2n) is 7.60. The highest BCUT2D eigenvalue weighted by Gasteiger charge is 2.22. The fourth-order valence-corrected chi connectivity index (χ4v) is 4.09. The largest absolute Gasteiger partial charge is 0.352 e. The first kappa shape index (κ1) is 18.7. The molecule has 0 bridgehead atoms. The molecular weight excluding hydrogens is 350 g/mol. The molecule has 0 atom stereocenters. The van der Waals surface area contributed by atoms with E-state index < -0.39 is 0 Å². The molecule has 0 spiro atoms. The number of rotatable bonds is 6. The Hall–Kier alpha value is -2.66. The van der Waals surface area contributed by atoms with Crippen LogP contribution in [0.5, 0.6) is 0 Å². The van der Waals surface area contributed by atoms with E-state index in [1.807, 2.05) is 18.2 Å². The van der Waals surface area contributed by atoms with E-state index in [-0.39, 0.29) is 11.8 Å². The molecule has 0 radical (unpaired) electrons. The molecule has 2 amide bonds. The van der Waals surface area contributed by atoms with Crippen molar-refractivity contribution in [1.82, 2.24) is 10.2 Å². The minimum atomic E-state index is -0.0718. The number of benzene rings is 2. The molecule has 2 aliphatic heterocycles. The van der Waals surface area contributed by atoms with Crippen molar-refractivity contribution in [2.24, 2.45) is 0 Å². The quantitative estimate of drug-likeness (QED) is 0.788. The van der Waals surface area contributed by atoms with Crippen molar-refractivity contribution in [3.63, 3.8) is 0 Å². The molecule has 5 nitrogen and oxygen atoms in total. The summed E-state index contributed by atoms with van der Waals surface area (Å²) in [5.74, 6) is 0.0677. The lowest BCUT2D eigenvalue weighted by molar-refractivity contribution is -0.117. The third-order valence-corrected chi connectivity index (χ3v) is 5.64. The van der Waals surface area contributed by atoms with Crippen molar-refractivity contribution in [3.8, 4) is 0 Å². The zero-order chi connectivity index (χ0) is 19.3. The Morgan fingerprint density at radius 1 is 1.00 bits per heavy atom. The number of fused-ring (bicyclic) bond motifs is 1. The van der Waals surface area contributed by atoms with Crippen molar-refractivity contribution in [3.05, 3.63) is 65.2 Å². The van der Waals surface area contributed by atoms with E-state index in [0.29, 0.717) is 18.5 Å². The van der Waals surface area contributed by atoms with Gasteiger partial charge in [-0.1, -0.05) is 30.3 Å². The third-order valence-electron chi connectivity index (χ3n) is 5.64. The third kappa shape index (κ3) is 4.25. The number of carbonyl (C=O) groups excluding carboxylic acids is 2. The fourth-order valence-electron chi connectivity index (χ4n) is 4.09. The summed E-state index contributed by atoms with van der Waals surface area (Å²) < 4.78 is 0. The normalized spacial score (nSPS) is 16.9. The van der Waals surface area contributed by atoms with Crippen molar-refractivity contribution in [2.75, 3.05) is 31.1 Å². The van der Waals surface area contributed by atoms with Crippen LogP contribution in [0.1, 0.15) is 40.7 Å². The van der Waals surface area contributed by atoms with Crippen LogP contribution < -0.4 is 10.2 Å². The number of carbonyl (C=O) groups is 2. The zero-order valence-corrected chi connectivity index (χ0v) is 16.2. The number of anilines is 1. The molecule has 2 heterocycles. The maximum absolute atomic E-state index is 12.5. The Bertz CT molecular complexity index is 864. The maximum atomic E-state index is 12.5. The van der Waals surface area contributed by atoms with E-state index in [9.17, 15) is 9.59 Å². The van der Waals surface area contributed by atoms with Crippen molar-refractivity contribution in [2.45, 2.75) is 32.2 Å². The molecule has 2 aliphatic rings. The lowest BCUT2D eigenvalue weighted by Gasteiger charge is -2.28. The van der Waals surface area contributed by atoms with Gasteiger partial charge < -0.3 is 10.2 Å². The first-order chi connectivity index (χ1) is 13.7. The first-order valence-electron chi connectivity index (χ1n) is 10.2. The molecule has 1 saturated heterocycles. The summed E-state index contributed by atoms with van der Waals surface area (Å²) in [5.41, 5.74) is 4.32. The molecule has 28 heavy (non-hydrogen) atoms. The highest BCUT2D eigenvalue weighted by molar-refractivity contribution is 5.99. The summed E-state index contributed by atoms with van der Waals surface area (Å²) in [4.78, 5) is 28.6. The highest BCUT2D eigenvalue weighted by Crippen LogP contribution is 2.22. The molecule has 0 unspecified atom stereocenters. The molecule has 2 aromatic carbocycles. The fraction of sp³-hybridized carbons (Fsp3) is 0.391. The number of hydrogen-bond donors (Lipinski definition) is 1. The Morgan fingerprint density at radius 3 is 2.68 bits per heavy atom. The predicted molar refractivity (Wildman–Crippen MR) is 110 cm³/mol. The molecular formula is C23H27N3O2. The summed E-state index contributed by atoms with van der Waals surface area (Å²) in [7, 11) is 0. The second-order valence-corrected chi connectivity index (χ2v) is 7.60. The van der Waals surface area contributed by atoms with Gasteiger partial charge in [0.05, 0.1) is 0 Å². The predicted octanol–water partition coefficient (Wildman–Crippen LogP) is 2.99. The summed E-state index contributed by atoms with van der Waals surface area (Å²) in [6.45, 7) is 4.45. The van der Waals surface area contributed by atoms with Crippen LogP contribution in [0.2, 0.25) is 0 Å². The Balaban J connectivity index is 1.25. The van der Waals surface area contributed by atoms with Gasteiger partial charge >= 0.3 is 0 Å². The maximum Gasteiger partial charge on any atom is 0.251 e. The molecule has 0 aromatic heterocycles. The zero-order valence-electron chi connectivity index (χ0n) is 16.2.